The lowest BCUT2D eigenvalue weighted by atomic mass is 10.0. The van der Waals surface area contributed by atoms with Gasteiger partial charge in [0.1, 0.15) is 12.4 Å². The van der Waals surface area contributed by atoms with Gasteiger partial charge in [-0.15, -0.1) is 0 Å². The van der Waals surface area contributed by atoms with E-state index >= 15 is 0 Å². The van der Waals surface area contributed by atoms with Crippen LogP contribution in [0.3, 0.4) is 0 Å². The van der Waals surface area contributed by atoms with E-state index in [4.69, 9.17) is 9.72 Å². The molecule has 0 bridgehead atoms. The summed E-state index contributed by atoms with van der Waals surface area (Å²) in [6.45, 7) is 7.54. The van der Waals surface area contributed by atoms with E-state index in [1.165, 1.54) is 29.4 Å². The number of imidazole rings is 1. The van der Waals surface area contributed by atoms with Crippen LogP contribution in [0.4, 0.5) is 0 Å². The van der Waals surface area contributed by atoms with Gasteiger partial charge in [-0.05, 0) is 55.5 Å². The zero-order valence-corrected chi connectivity index (χ0v) is 15.1. The fourth-order valence-electron chi connectivity index (χ4n) is 3.54. The molecule has 134 valence electrons. The number of ether oxygens (including phenoxy) is 1. The summed E-state index contributed by atoms with van der Waals surface area (Å²) in [5, 5.41) is 4.61. The van der Waals surface area contributed by atoms with E-state index in [0.29, 0.717) is 25.6 Å². The highest BCUT2D eigenvalue weighted by Crippen LogP contribution is 2.29. The smallest absolute Gasteiger partial charge is 0.218 e. The number of fused-ring (bicyclic) bond motifs is 2. The molecule has 1 aliphatic carbocycles. The fraction of sp³-hybridized carbons (Fsp3) is 0.333. The van der Waals surface area contributed by atoms with Gasteiger partial charge < -0.3 is 15.0 Å². The summed E-state index contributed by atoms with van der Waals surface area (Å²) >= 11 is 0. The first kappa shape index (κ1) is 16.8. The molecule has 5 heteroatoms. The number of aromatic nitrogens is 3. The van der Waals surface area contributed by atoms with Gasteiger partial charge >= 0.3 is 0 Å². The maximum absolute atomic E-state index is 5.83. The zero-order chi connectivity index (χ0) is 17.9. The van der Waals surface area contributed by atoms with Crippen molar-refractivity contribution in [1.82, 2.24) is 20.3 Å². The van der Waals surface area contributed by atoms with Gasteiger partial charge in [0.15, 0.2) is 0 Å². The summed E-state index contributed by atoms with van der Waals surface area (Å²) in [6.07, 6.45) is 7.15. The van der Waals surface area contributed by atoms with Crippen LogP contribution in [0.15, 0.2) is 37.1 Å². The van der Waals surface area contributed by atoms with Crippen molar-refractivity contribution < 1.29 is 4.74 Å². The molecule has 0 unspecified atom stereocenters. The number of aryl methyl sites for hydroxylation is 3. The topological polar surface area (TPSA) is 62.8 Å². The Labute approximate surface area is 153 Å². The standard InChI is InChI=1S/C21H24N4O/c1-3-7-26-21-18(12-22-13-20-23-11-14(2)24-20)9-17-8-15-5-4-6-16(15)10-19(17)25-21/h3,8-11,22H,1,4-7,12-13H2,2H3,(H,23,24). The van der Waals surface area contributed by atoms with E-state index in [-0.39, 0.29) is 0 Å². The second-order valence-electron chi connectivity index (χ2n) is 6.84. The quantitative estimate of drug-likeness (QED) is 0.640. The molecule has 5 nitrogen and oxygen atoms in total. The first-order valence-corrected chi connectivity index (χ1v) is 9.13. The van der Waals surface area contributed by atoms with Crippen molar-refractivity contribution in [3.8, 4) is 5.88 Å². The van der Waals surface area contributed by atoms with Gasteiger partial charge in [0.25, 0.3) is 0 Å². The lowest BCUT2D eigenvalue weighted by molar-refractivity contribution is 0.344. The Kier molecular flexibility index (Phi) is 4.71. The molecule has 0 saturated carbocycles. The van der Waals surface area contributed by atoms with Crippen molar-refractivity contribution in [3.63, 3.8) is 0 Å². The third-order valence-corrected chi connectivity index (χ3v) is 4.77. The molecule has 2 N–H and O–H groups in total. The van der Waals surface area contributed by atoms with Crippen molar-refractivity contribution in [1.29, 1.82) is 0 Å². The number of benzene rings is 1. The summed E-state index contributed by atoms with van der Waals surface area (Å²) in [4.78, 5) is 12.4. The lowest BCUT2D eigenvalue weighted by Gasteiger charge is -2.12. The zero-order valence-electron chi connectivity index (χ0n) is 15.1. The predicted molar refractivity (Wildman–Crippen MR) is 103 cm³/mol. The monoisotopic (exact) mass is 348 g/mol. The van der Waals surface area contributed by atoms with Crippen LogP contribution in [-0.2, 0) is 25.9 Å². The van der Waals surface area contributed by atoms with Crippen molar-refractivity contribution in [2.24, 2.45) is 0 Å². The molecule has 2 heterocycles. The highest BCUT2D eigenvalue weighted by atomic mass is 16.5. The van der Waals surface area contributed by atoms with Crippen molar-refractivity contribution in [2.45, 2.75) is 39.3 Å². The summed E-state index contributed by atoms with van der Waals surface area (Å²) in [5.74, 6) is 1.61. The molecule has 4 rings (SSSR count). The Morgan fingerprint density at radius 3 is 2.85 bits per heavy atom. The Morgan fingerprint density at radius 1 is 1.23 bits per heavy atom. The number of H-pyrrole nitrogens is 1. The molecular weight excluding hydrogens is 324 g/mol. The SMILES string of the molecule is C=CCOc1nc2cc3c(cc2cc1CNCc1ncc(C)[nH]1)CCC3. The van der Waals surface area contributed by atoms with Gasteiger partial charge in [0, 0.05) is 29.4 Å². The lowest BCUT2D eigenvalue weighted by Crippen LogP contribution is -2.15. The molecular formula is C21H24N4O. The van der Waals surface area contributed by atoms with Crippen molar-refractivity contribution in [2.75, 3.05) is 6.61 Å². The molecule has 0 saturated heterocycles. The van der Waals surface area contributed by atoms with Crippen molar-refractivity contribution >= 4 is 10.9 Å². The van der Waals surface area contributed by atoms with Crippen LogP contribution in [0.5, 0.6) is 5.88 Å². The highest BCUT2D eigenvalue weighted by Gasteiger charge is 2.15. The summed E-state index contributed by atoms with van der Waals surface area (Å²) in [7, 11) is 0. The van der Waals surface area contributed by atoms with E-state index in [1.807, 2.05) is 13.1 Å². The third-order valence-electron chi connectivity index (χ3n) is 4.77. The maximum Gasteiger partial charge on any atom is 0.218 e. The van der Waals surface area contributed by atoms with Gasteiger partial charge in [-0.1, -0.05) is 12.7 Å². The van der Waals surface area contributed by atoms with E-state index in [1.54, 1.807) is 6.08 Å². The minimum absolute atomic E-state index is 0.452. The summed E-state index contributed by atoms with van der Waals surface area (Å²) in [6, 6.07) is 6.71. The molecule has 1 aromatic carbocycles. The van der Waals surface area contributed by atoms with Crippen LogP contribution in [0.2, 0.25) is 0 Å². The molecule has 1 aliphatic rings. The first-order valence-electron chi connectivity index (χ1n) is 9.13. The normalized spacial score (nSPS) is 13.1. The van der Waals surface area contributed by atoms with Crippen LogP contribution in [0.25, 0.3) is 10.9 Å². The minimum Gasteiger partial charge on any atom is -0.473 e. The summed E-state index contributed by atoms with van der Waals surface area (Å²) in [5.41, 5.74) is 6.02. The number of rotatable bonds is 7. The van der Waals surface area contributed by atoms with Gasteiger partial charge in [0.05, 0.1) is 12.1 Å². The van der Waals surface area contributed by atoms with E-state index in [2.05, 4.69) is 40.1 Å². The van der Waals surface area contributed by atoms with E-state index in [0.717, 1.165) is 29.0 Å². The largest absolute Gasteiger partial charge is 0.473 e. The number of nitrogens with one attached hydrogen (secondary N) is 2. The maximum atomic E-state index is 5.83. The van der Waals surface area contributed by atoms with Gasteiger partial charge in [-0.25, -0.2) is 9.97 Å². The van der Waals surface area contributed by atoms with Crippen LogP contribution in [-0.4, -0.2) is 21.6 Å². The fourth-order valence-corrected chi connectivity index (χ4v) is 3.54. The molecule has 0 spiro atoms. The van der Waals surface area contributed by atoms with E-state index in [9.17, 15) is 0 Å². The number of pyridine rings is 1. The summed E-state index contributed by atoms with van der Waals surface area (Å²) < 4.78 is 5.83. The van der Waals surface area contributed by atoms with Crippen LogP contribution in [0, 0.1) is 6.92 Å². The van der Waals surface area contributed by atoms with Gasteiger partial charge in [-0.3, -0.25) is 0 Å². The molecule has 0 fully saturated rings. The van der Waals surface area contributed by atoms with Crippen LogP contribution >= 0.6 is 0 Å². The van der Waals surface area contributed by atoms with Crippen molar-refractivity contribution in [3.05, 3.63) is 65.3 Å². The van der Waals surface area contributed by atoms with Gasteiger partial charge in [0.2, 0.25) is 5.88 Å². The number of hydrogen-bond donors (Lipinski definition) is 2. The minimum atomic E-state index is 0.452. The average molecular weight is 348 g/mol. The molecule has 3 aromatic rings. The Bertz CT molecular complexity index is 945. The third kappa shape index (κ3) is 3.48. The number of nitrogens with zero attached hydrogens (tertiary/aromatic N) is 2. The molecule has 0 radical (unpaired) electrons. The highest BCUT2D eigenvalue weighted by molar-refractivity contribution is 5.82. The first-order chi connectivity index (χ1) is 12.7. The molecule has 0 amide bonds. The Morgan fingerprint density at radius 2 is 2.08 bits per heavy atom. The second-order valence-corrected chi connectivity index (χ2v) is 6.84. The molecule has 26 heavy (non-hydrogen) atoms. The Hall–Kier alpha value is -2.66. The number of hydrogen-bond acceptors (Lipinski definition) is 4. The molecule has 0 atom stereocenters. The predicted octanol–water partition coefficient (Wildman–Crippen LogP) is 3.61. The average Bonchev–Trinajstić information content (AvgIpc) is 3.26. The van der Waals surface area contributed by atoms with Crippen LogP contribution < -0.4 is 10.1 Å². The molecule has 0 aliphatic heterocycles. The molecule has 2 aromatic heterocycles. The van der Waals surface area contributed by atoms with Crippen LogP contribution in [0.1, 0.15) is 34.6 Å². The van der Waals surface area contributed by atoms with Gasteiger partial charge in [-0.2, -0.15) is 0 Å². The number of aromatic amines is 1. The second kappa shape index (κ2) is 7.30. The van der Waals surface area contributed by atoms with E-state index < -0.39 is 0 Å². The Balaban J connectivity index is 1.59.